The van der Waals surface area contributed by atoms with Gasteiger partial charge in [0.05, 0.1) is 24.0 Å². The van der Waals surface area contributed by atoms with Crippen molar-refractivity contribution in [3.05, 3.63) is 64.9 Å². The maximum atomic E-state index is 13.0. The molecule has 0 unspecified atom stereocenters. The van der Waals surface area contributed by atoms with Crippen molar-refractivity contribution in [2.24, 2.45) is 0 Å². The predicted octanol–water partition coefficient (Wildman–Crippen LogP) is 3.45. The van der Waals surface area contributed by atoms with Crippen LogP contribution in [0.15, 0.2) is 53.4 Å². The molecule has 1 N–H and O–H groups in total. The van der Waals surface area contributed by atoms with Gasteiger partial charge in [-0.2, -0.15) is 0 Å². The van der Waals surface area contributed by atoms with Crippen molar-refractivity contribution >= 4 is 27.6 Å². The monoisotopic (exact) mass is 385 g/mol. The lowest BCUT2D eigenvalue weighted by Gasteiger charge is -2.19. The molecule has 0 spiro atoms. The highest BCUT2D eigenvalue weighted by molar-refractivity contribution is 7.89. The molecule has 0 aliphatic rings. The summed E-state index contributed by atoms with van der Waals surface area (Å²) in [7, 11) is -3.98. The van der Waals surface area contributed by atoms with Gasteiger partial charge in [-0.3, -0.25) is 4.79 Å². The summed E-state index contributed by atoms with van der Waals surface area (Å²) in [6, 6.07) is 10.1. The highest BCUT2D eigenvalue weighted by Crippen LogP contribution is 2.27. The fraction of sp³-hybridized carbons (Fsp3) is 0.235. The second kappa shape index (κ2) is 8.42. The number of sulfonamides is 1. The zero-order valence-electron chi connectivity index (χ0n) is 13.4. The number of carbonyl (C=O) groups excluding carboxylic acids is 1. The van der Waals surface area contributed by atoms with E-state index in [0.717, 1.165) is 24.3 Å². The largest absolute Gasteiger partial charge is 0.466 e. The number of carbonyl (C=O) groups is 1. The number of nitrogens with one attached hydrogen (secondary N) is 1. The summed E-state index contributed by atoms with van der Waals surface area (Å²) in [4.78, 5) is 11.7. The smallest absolute Gasteiger partial charge is 0.307 e. The van der Waals surface area contributed by atoms with Crippen molar-refractivity contribution < 1.29 is 22.3 Å². The van der Waals surface area contributed by atoms with Crippen LogP contribution in [-0.4, -0.2) is 21.0 Å². The van der Waals surface area contributed by atoms with E-state index in [4.69, 9.17) is 16.3 Å². The first kappa shape index (κ1) is 19.4. The summed E-state index contributed by atoms with van der Waals surface area (Å²) >= 11 is 6.14. The molecule has 1 atom stereocenters. The van der Waals surface area contributed by atoms with Crippen molar-refractivity contribution in [2.45, 2.75) is 24.3 Å². The number of ether oxygens (including phenoxy) is 1. The molecule has 25 heavy (non-hydrogen) atoms. The zero-order valence-corrected chi connectivity index (χ0v) is 15.0. The van der Waals surface area contributed by atoms with Gasteiger partial charge in [-0.25, -0.2) is 17.5 Å². The fourth-order valence-corrected chi connectivity index (χ4v) is 3.71. The Morgan fingerprint density at radius 2 is 1.84 bits per heavy atom. The van der Waals surface area contributed by atoms with Gasteiger partial charge in [0.2, 0.25) is 10.0 Å². The molecule has 0 saturated carbocycles. The zero-order chi connectivity index (χ0) is 18.4. The van der Waals surface area contributed by atoms with E-state index in [-0.39, 0.29) is 17.9 Å². The summed E-state index contributed by atoms with van der Waals surface area (Å²) in [5.74, 6) is -1.11. The Morgan fingerprint density at radius 1 is 1.20 bits per heavy atom. The lowest BCUT2D eigenvalue weighted by molar-refractivity contribution is -0.143. The molecule has 0 heterocycles. The van der Waals surface area contributed by atoms with E-state index in [1.165, 1.54) is 0 Å². The molecular formula is C17H17ClFNO4S. The van der Waals surface area contributed by atoms with Crippen LogP contribution < -0.4 is 4.72 Å². The van der Waals surface area contributed by atoms with Crippen molar-refractivity contribution in [1.82, 2.24) is 4.72 Å². The Morgan fingerprint density at radius 3 is 2.44 bits per heavy atom. The average Bonchev–Trinajstić information content (AvgIpc) is 2.55. The number of hydrogen-bond acceptors (Lipinski definition) is 4. The van der Waals surface area contributed by atoms with E-state index in [0.29, 0.717) is 10.6 Å². The fourth-order valence-electron chi connectivity index (χ4n) is 2.23. The van der Waals surface area contributed by atoms with E-state index < -0.39 is 27.9 Å². The van der Waals surface area contributed by atoms with Crippen LogP contribution in [0.4, 0.5) is 4.39 Å². The van der Waals surface area contributed by atoms with Gasteiger partial charge in [-0.1, -0.05) is 29.8 Å². The molecule has 0 fully saturated rings. The average molecular weight is 386 g/mol. The minimum atomic E-state index is -3.98. The van der Waals surface area contributed by atoms with Gasteiger partial charge in [0.1, 0.15) is 5.82 Å². The molecule has 0 radical (unpaired) electrons. The van der Waals surface area contributed by atoms with Crippen LogP contribution in [0.5, 0.6) is 0 Å². The SMILES string of the molecule is CCOC(=O)C[C@@H](NS(=O)(=O)c1ccc(F)cc1)c1ccccc1Cl. The Bertz CT molecular complexity index is 840. The lowest BCUT2D eigenvalue weighted by Crippen LogP contribution is -2.31. The third-order valence-corrected chi connectivity index (χ3v) is 5.21. The van der Waals surface area contributed by atoms with Crippen molar-refractivity contribution in [2.75, 3.05) is 6.61 Å². The third-order valence-electron chi connectivity index (χ3n) is 3.38. The minimum absolute atomic E-state index is 0.116. The van der Waals surface area contributed by atoms with E-state index in [9.17, 15) is 17.6 Å². The standard InChI is InChI=1S/C17H17ClFNO4S/c1-2-24-17(21)11-16(14-5-3-4-6-15(14)18)20-25(22,23)13-9-7-12(19)8-10-13/h3-10,16,20H,2,11H2,1H3/t16-/m1/s1. The van der Waals surface area contributed by atoms with Gasteiger partial charge >= 0.3 is 5.97 Å². The number of benzene rings is 2. The number of hydrogen-bond donors (Lipinski definition) is 1. The molecule has 2 rings (SSSR count). The molecular weight excluding hydrogens is 369 g/mol. The van der Waals surface area contributed by atoms with E-state index in [1.54, 1.807) is 31.2 Å². The lowest BCUT2D eigenvalue weighted by atomic mass is 10.1. The Kier molecular flexibility index (Phi) is 6.52. The Hall–Kier alpha value is -1.96. The molecule has 8 heteroatoms. The first-order valence-electron chi connectivity index (χ1n) is 7.51. The highest BCUT2D eigenvalue weighted by Gasteiger charge is 2.25. The summed E-state index contributed by atoms with van der Waals surface area (Å²) < 4.78 is 45.5. The molecule has 0 aromatic heterocycles. The van der Waals surface area contributed by atoms with Crippen molar-refractivity contribution in [3.8, 4) is 0 Å². The van der Waals surface area contributed by atoms with Crippen LogP contribution in [0.3, 0.4) is 0 Å². The number of rotatable bonds is 7. The van der Waals surface area contributed by atoms with Gasteiger partial charge in [-0.05, 0) is 42.8 Å². The topological polar surface area (TPSA) is 72.5 Å². The van der Waals surface area contributed by atoms with Crippen molar-refractivity contribution in [1.29, 1.82) is 0 Å². The van der Waals surface area contributed by atoms with Crippen LogP contribution in [0, 0.1) is 5.82 Å². The normalized spacial score (nSPS) is 12.6. The molecule has 0 bridgehead atoms. The molecule has 5 nitrogen and oxygen atoms in total. The molecule has 0 amide bonds. The van der Waals surface area contributed by atoms with E-state index in [2.05, 4.69) is 4.72 Å². The second-order valence-corrected chi connectivity index (χ2v) is 7.28. The van der Waals surface area contributed by atoms with Gasteiger partial charge in [-0.15, -0.1) is 0 Å². The summed E-state index contributed by atoms with van der Waals surface area (Å²) in [5, 5.41) is 0.318. The molecule has 2 aromatic rings. The quantitative estimate of drug-likeness (QED) is 0.741. The molecule has 134 valence electrons. The maximum absolute atomic E-state index is 13.0. The van der Waals surface area contributed by atoms with Gasteiger partial charge in [0.25, 0.3) is 0 Å². The Balaban J connectivity index is 2.33. The van der Waals surface area contributed by atoms with Crippen LogP contribution >= 0.6 is 11.6 Å². The second-order valence-electron chi connectivity index (χ2n) is 5.16. The van der Waals surface area contributed by atoms with Gasteiger partial charge < -0.3 is 4.74 Å². The van der Waals surface area contributed by atoms with Gasteiger partial charge in [0.15, 0.2) is 0 Å². The van der Waals surface area contributed by atoms with E-state index in [1.807, 2.05) is 0 Å². The van der Waals surface area contributed by atoms with Crippen LogP contribution in [0.25, 0.3) is 0 Å². The third kappa shape index (κ3) is 5.26. The number of halogens is 2. The highest BCUT2D eigenvalue weighted by atomic mass is 35.5. The van der Waals surface area contributed by atoms with Crippen molar-refractivity contribution in [3.63, 3.8) is 0 Å². The summed E-state index contributed by atoms with van der Waals surface area (Å²) in [5.41, 5.74) is 0.447. The van der Waals surface area contributed by atoms with E-state index >= 15 is 0 Å². The molecule has 0 saturated heterocycles. The molecule has 2 aromatic carbocycles. The Labute approximate surface area is 150 Å². The van der Waals surface area contributed by atoms with Crippen LogP contribution in [-0.2, 0) is 19.6 Å². The minimum Gasteiger partial charge on any atom is -0.466 e. The summed E-state index contributed by atoms with van der Waals surface area (Å²) in [6.45, 7) is 1.84. The maximum Gasteiger partial charge on any atom is 0.307 e. The van der Waals surface area contributed by atoms with Crippen LogP contribution in [0.2, 0.25) is 5.02 Å². The van der Waals surface area contributed by atoms with Crippen LogP contribution in [0.1, 0.15) is 24.9 Å². The predicted molar refractivity (Wildman–Crippen MR) is 92.2 cm³/mol. The first-order chi connectivity index (χ1) is 11.8. The summed E-state index contributed by atoms with van der Waals surface area (Å²) in [6.07, 6.45) is -0.224. The molecule has 0 aliphatic heterocycles. The molecule has 0 aliphatic carbocycles. The first-order valence-corrected chi connectivity index (χ1v) is 9.37. The van der Waals surface area contributed by atoms with Gasteiger partial charge in [0, 0.05) is 5.02 Å². The number of esters is 1.